The molecule has 3 atom stereocenters. The number of hydrogen-bond acceptors (Lipinski definition) is 3. The molecule has 2 saturated carbocycles. The zero-order valence-corrected chi connectivity index (χ0v) is 14.4. The molecule has 21 heavy (non-hydrogen) atoms. The van der Waals surface area contributed by atoms with E-state index in [2.05, 4.69) is 35.8 Å². The van der Waals surface area contributed by atoms with Crippen LogP contribution in [0, 0.1) is 0 Å². The second-order valence-corrected chi connectivity index (χ2v) is 8.57. The predicted molar refractivity (Wildman–Crippen MR) is 89.4 cm³/mol. The Kier molecular flexibility index (Phi) is 4.84. The fourth-order valence-electron chi connectivity index (χ4n) is 4.64. The zero-order valence-electron chi connectivity index (χ0n) is 13.6. The molecule has 3 aliphatic rings. The van der Waals surface area contributed by atoms with Crippen LogP contribution in [0.1, 0.15) is 71.6 Å². The van der Waals surface area contributed by atoms with Gasteiger partial charge in [0.15, 0.2) is 0 Å². The van der Waals surface area contributed by atoms with Crippen molar-refractivity contribution >= 4 is 17.7 Å². The van der Waals surface area contributed by atoms with E-state index in [1.165, 1.54) is 37.9 Å². The molecule has 3 unspecified atom stereocenters. The monoisotopic (exact) mass is 310 g/mol. The second kappa shape index (κ2) is 6.49. The molecule has 1 heterocycles. The predicted octanol–water partition coefficient (Wildman–Crippen LogP) is 3.53. The Morgan fingerprint density at radius 1 is 1.29 bits per heavy atom. The van der Waals surface area contributed by atoms with Crippen molar-refractivity contribution in [3.63, 3.8) is 0 Å². The molecule has 0 bridgehead atoms. The number of nitrogens with zero attached hydrogens (tertiary/aromatic N) is 1. The maximum Gasteiger partial charge on any atom is 0.244 e. The maximum atomic E-state index is 13.1. The number of carbonyl (C=O) groups is 1. The van der Waals surface area contributed by atoms with Crippen LogP contribution in [-0.2, 0) is 4.79 Å². The molecule has 0 aromatic rings. The molecule has 1 spiro atoms. The molecular weight excluding hydrogens is 280 g/mol. The minimum atomic E-state index is -0.185. The zero-order chi connectivity index (χ0) is 14.9. The highest BCUT2D eigenvalue weighted by atomic mass is 32.2. The maximum absolute atomic E-state index is 13.1. The van der Waals surface area contributed by atoms with E-state index >= 15 is 0 Å². The molecule has 0 radical (unpaired) electrons. The lowest BCUT2D eigenvalue weighted by molar-refractivity contribution is -0.135. The summed E-state index contributed by atoms with van der Waals surface area (Å²) in [6.45, 7) is 4.47. The van der Waals surface area contributed by atoms with Gasteiger partial charge in [-0.2, -0.15) is 11.8 Å². The summed E-state index contributed by atoms with van der Waals surface area (Å²) in [6.07, 6.45) is 10.8. The number of hydrogen-bond donors (Lipinski definition) is 1. The minimum absolute atomic E-state index is 0.185. The number of amides is 1. The molecule has 3 fully saturated rings. The lowest BCUT2D eigenvalue weighted by Gasteiger charge is -2.30. The molecule has 1 aliphatic heterocycles. The molecule has 0 aromatic heterocycles. The van der Waals surface area contributed by atoms with E-state index < -0.39 is 0 Å². The van der Waals surface area contributed by atoms with Crippen LogP contribution in [0.25, 0.3) is 0 Å². The Bertz CT molecular complexity index is 381. The van der Waals surface area contributed by atoms with Gasteiger partial charge < -0.3 is 4.90 Å². The molecule has 1 saturated heterocycles. The van der Waals surface area contributed by atoms with E-state index in [-0.39, 0.29) is 5.54 Å². The first-order valence-corrected chi connectivity index (χ1v) is 9.97. The van der Waals surface area contributed by atoms with E-state index in [1.807, 2.05) is 0 Å². The largest absolute Gasteiger partial charge is 0.323 e. The third-order valence-corrected chi connectivity index (χ3v) is 6.83. The average molecular weight is 311 g/mol. The summed E-state index contributed by atoms with van der Waals surface area (Å²) in [5.74, 6) is 1.64. The van der Waals surface area contributed by atoms with E-state index in [4.69, 9.17) is 0 Å². The van der Waals surface area contributed by atoms with Crippen LogP contribution in [0.4, 0.5) is 0 Å². The van der Waals surface area contributed by atoms with Crippen molar-refractivity contribution in [2.45, 2.75) is 94.6 Å². The molecule has 0 aromatic carbocycles. The highest BCUT2D eigenvalue weighted by Gasteiger charge is 2.54. The van der Waals surface area contributed by atoms with E-state index in [1.54, 1.807) is 0 Å². The summed E-state index contributed by atoms with van der Waals surface area (Å²) in [5.41, 5.74) is -0.185. The van der Waals surface area contributed by atoms with Crippen molar-refractivity contribution in [1.82, 2.24) is 10.2 Å². The highest BCUT2D eigenvalue weighted by Crippen LogP contribution is 2.42. The topological polar surface area (TPSA) is 32.3 Å². The van der Waals surface area contributed by atoms with Crippen LogP contribution >= 0.6 is 11.8 Å². The summed E-state index contributed by atoms with van der Waals surface area (Å²) in [7, 11) is 0. The summed E-state index contributed by atoms with van der Waals surface area (Å²) < 4.78 is 0. The molecule has 1 N–H and O–H groups in total. The summed E-state index contributed by atoms with van der Waals surface area (Å²) in [6, 6.07) is 0.491. The molecule has 3 nitrogen and oxygen atoms in total. The van der Waals surface area contributed by atoms with E-state index in [0.717, 1.165) is 30.9 Å². The number of nitrogens with one attached hydrogen (secondary N) is 1. The lowest BCUT2D eigenvalue weighted by Crippen LogP contribution is -2.45. The third kappa shape index (κ3) is 2.86. The number of carbonyl (C=O) groups excluding carboxylic acids is 1. The molecular formula is C17H30N2OS. The smallest absolute Gasteiger partial charge is 0.244 e. The first-order chi connectivity index (χ1) is 10.2. The highest BCUT2D eigenvalue weighted by molar-refractivity contribution is 7.99. The van der Waals surface area contributed by atoms with Gasteiger partial charge in [0.2, 0.25) is 5.91 Å². The Morgan fingerprint density at radius 3 is 2.71 bits per heavy atom. The van der Waals surface area contributed by atoms with Gasteiger partial charge in [-0.15, -0.1) is 0 Å². The van der Waals surface area contributed by atoms with Crippen molar-refractivity contribution in [1.29, 1.82) is 0 Å². The quantitative estimate of drug-likeness (QED) is 0.843. The van der Waals surface area contributed by atoms with Crippen LogP contribution in [0.15, 0.2) is 0 Å². The van der Waals surface area contributed by atoms with Gasteiger partial charge >= 0.3 is 0 Å². The van der Waals surface area contributed by atoms with E-state index in [0.29, 0.717) is 18.1 Å². The lowest BCUT2D eigenvalue weighted by atomic mass is 9.97. The van der Waals surface area contributed by atoms with E-state index in [9.17, 15) is 4.79 Å². The van der Waals surface area contributed by atoms with Gasteiger partial charge in [0.1, 0.15) is 0 Å². The van der Waals surface area contributed by atoms with Crippen LogP contribution in [-0.4, -0.2) is 39.6 Å². The standard InChI is InChI=1S/C17H30N2OS/c1-3-7-15-18-17(10-5-6-11-17)16(20)19(15)13-8-9-14(12-13)21-4-2/h13-15,18H,3-12H2,1-2H3. The first kappa shape index (κ1) is 15.7. The van der Waals surface area contributed by atoms with Crippen molar-refractivity contribution < 1.29 is 4.79 Å². The van der Waals surface area contributed by atoms with Gasteiger partial charge in [-0.1, -0.05) is 33.1 Å². The summed E-state index contributed by atoms with van der Waals surface area (Å²) in [4.78, 5) is 15.4. The Labute approximate surface area is 133 Å². The summed E-state index contributed by atoms with van der Waals surface area (Å²) in [5, 5.41) is 4.53. The van der Waals surface area contributed by atoms with Gasteiger partial charge in [-0.3, -0.25) is 10.1 Å². The van der Waals surface area contributed by atoms with Gasteiger partial charge in [0, 0.05) is 11.3 Å². The minimum Gasteiger partial charge on any atom is -0.323 e. The van der Waals surface area contributed by atoms with Crippen LogP contribution in [0.5, 0.6) is 0 Å². The van der Waals surface area contributed by atoms with Crippen LogP contribution in [0.2, 0.25) is 0 Å². The number of thioether (sulfide) groups is 1. The first-order valence-electron chi connectivity index (χ1n) is 8.92. The van der Waals surface area contributed by atoms with Crippen molar-refractivity contribution in [2.75, 3.05) is 5.75 Å². The van der Waals surface area contributed by atoms with Gasteiger partial charge in [0.25, 0.3) is 0 Å². The Balaban J connectivity index is 1.73. The SMILES string of the molecule is CCCC1NC2(CCCC2)C(=O)N1C1CCC(SCC)C1. The van der Waals surface area contributed by atoms with Gasteiger partial charge in [-0.25, -0.2) is 0 Å². The van der Waals surface area contributed by atoms with Crippen molar-refractivity contribution in [2.24, 2.45) is 0 Å². The Morgan fingerprint density at radius 2 is 2.05 bits per heavy atom. The number of rotatable bonds is 5. The van der Waals surface area contributed by atoms with Crippen molar-refractivity contribution in [3.8, 4) is 0 Å². The molecule has 4 heteroatoms. The van der Waals surface area contributed by atoms with Crippen LogP contribution in [0.3, 0.4) is 0 Å². The molecule has 1 amide bonds. The molecule has 3 rings (SSSR count). The fraction of sp³-hybridized carbons (Fsp3) is 0.941. The van der Waals surface area contributed by atoms with Gasteiger partial charge in [0.05, 0.1) is 11.7 Å². The fourth-order valence-corrected chi connectivity index (χ4v) is 5.77. The normalized spacial score (nSPS) is 35.2. The second-order valence-electron chi connectivity index (χ2n) is 6.99. The third-order valence-electron chi connectivity index (χ3n) is 5.59. The summed E-state index contributed by atoms with van der Waals surface area (Å²) >= 11 is 2.08. The molecule has 120 valence electrons. The molecule has 2 aliphatic carbocycles. The Hall–Kier alpha value is -0.220. The van der Waals surface area contributed by atoms with Gasteiger partial charge in [-0.05, 0) is 44.3 Å². The van der Waals surface area contributed by atoms with Crippen molar-refractivity contribution in [3.05, 3.63) is 0 Å². The van der Waals surface area contributed by atoms with Crippen LogP contribution < -0.4 is 5.32 Å². The average Bonchev–Trinajstić information content (AvgIpc) is 3.15.